The zero-order valence-corrected chi connectivity index (χ0v) is 50.4. The standard InChI is InChI=1S/C68H113NO13/c1-3-5-7-9-11-13-15-17-18-19-20-21-22-23-24-25-26-27-28-29-30-31-32-33-34-35-36-37-38-40-42-44-46-48-50-52-60(73)69-56(57(72)51-49-47-45-43-41-39-16-14-12-10-8-6-4-2)55-79-67-65(78)63(76)66(59(54-71)81-67)82-68-64(77)62(75)61(74)58(53-70)80-68/h5,7,11,13,17-18,20-21,23-24,26-27,29-30,32-33,35-36,49,51,56-59,61-68,70-72,74-78H,3-4,6,8-10,12,14-16,19,22,25,28,31,34,37-48,50,52-55H2,1-2H3,(H,69,73)/b7-5-,13-11-,18-17-,21-20-,24-23-,27-26-,30-29-,33-32-,36-35-,51-49+. The Hall–Kier alpha value is -3.61. The first-order valence-electron chi connectivity index (χ1n) is 31.8. The Bertz CT molecular complexity index is 1840. The zero-order valence-electron chi connectivity index (χ0n) is 50.4. The summed E-state index contributed by atoms with van der Waals surface area (Å²) in [6.07, 6.45) is 58.1. The van der Waals surface area contributed by atoms with Crippen molar-refractivity contribution in [1.29, 1.82) is 0 Å². The predicted molar refractivity (Wildman–Crippen MR) is 332 cm³/mol. The predicted octanol–water partition coefficient (Wildman–Crippen LogP) is 11.8. The Morgan fingerprint density at radius 2 is 0.841 bits per heavy atom. The molecule has 2 fully saturated rings. The SMILES string of the molecule is CC/C=C\C/C=C\C/C=C\C/C=C\C/C=C\C/C=C\C/C=C\C/C=C\C/C=C\CCCCCCCCCC(=O)NC(COC1OC(CO)C(OC2OC(CO)C(O)C(O)C2O)C(O)C1O)C(O)/C=C/CCCCCCCCCCCCC. The van der Waals surface area contributed by atoms with Crippen LogP contribution < -0.4 is 5.32 Å². The first-order valence-corrected chi connectivity index (χ1v) is 31.8. The second-order valence-corrected chi connectivity index (χ2v) is 21.8. The smallest absolute Gasteiger partial charge is 0.220 e. The minimum absolute atomic E-state index is 0.257. The topological polar surface area (TPSA) is 228 Å². The molecule has 468 valence electrons. The third-order valence-electron chi connectivity index (χ3n) is 14.7. The average molecular weight is 1150 g/mol. The minimum Gasteiger partial charge on any atom is -0.394 e. The van der Waals surface area contributed by atoms with Gasteiger partial charge in [-0.1, -0.05) is 232 Å². The molecule has 0 spiro atoms. The van der Waals surface area contributed by atoms with Crippen LogP contribution in [-0.2, 0) is 23.7 Å². The fourth-order valence-corrected chi connectivity index (χ4v) is 9.58. The van der Waals surface area contributed by atoms with E-state index in [0.29, 0.717) is 6.42 Å². The highest BCUT2D eigenvalue weighted by Gasteiger charge is 2.51. The molecule has 2 aliphatic heterocycles. The van der Waals surface area contributed by atoms with E-state index in [9.17, 15) is 45.6 Å². The molecule has 12 atom stereocenters. The molecule has 0 radical (unpaired) electrons. The van der Waals surface area contributed by atoms with Gasteiger partial charge in [-0.2, -0.15) is 0 Å². The van der Waals surface area contributed by atoms with Gasteiger partial charge in [0.05, 0.1) is 32.0 Å². The Labute approximate surface area is 495 Å². The summed E-state index contributed by atoms with van der Waals surface area (Å²) in [5, 5.41) is 87.1. The zero-order chi connectivity index (χ0) is 59.5. The van der Waals surface area contributed by atoms with Crippen LogP contribution in [0.2, 0.25) is 0 Å². The van der Waals surface area contributed by atoms with Crippen molar-refractivity contribution in [2.45, 2.75) is 280 Å². The van der Waals surface area contributed by atoms with Crippen LogP contribution in [0.5, 0.6) is 0 Å². The van der Waals surface area contributed by atoms with Gasteiger partial charge in [-0.05, 0) is 89.9 Å². The maximum Gasteiger partial charge on any atom is 0.220 e. The highest BCUT2D eigenvalue weighted by molar-refractivity contribution is 5.76. The molecule has 0 aromatic heterocycles. The van der Waals surface area contributed by atoms with Crippen LogP contribution >= 0.6 is 0 Å². The Morgan fingerprint density at radius 1 is 0.451 bits per heavy atom. The van der Waals surface area contributed by atoms with Crippen LogP contribution in [0.1, 0.15) is 206 Å². The Balaban J connectivity index is 1.68. The van der Waals surface area contributed by atoms with Crippen molar-refractivity contribution in [2.75, 3.05) is 19.8 Å². The van der Waals surface area contributed by atoms with Crippen molar-refractivity contribution in [3.05, 3.63) is 122 Å². The van der Waals surface area contributed by atoms with Crippen molar-refractivity contribution < 1.29 is 64.6 Å². The quantitative estimate of drug-likeness (QED) is 0.0204. The van der Waals surface area contributed by atoms with E-state index in [1.807, 2.05) is 6.08 Å². The highest BCUT2D eigenvalue weighted by Crippen LogP contribution is 2.30. The number of unbranched alkanes of at least 4 members (excludes halogenated alkanes) is 18. The average Bonchev–Trinajstić information content (AvgIpc) is 3.56. The lowest BCUT2D eigenvalue weighted by Gasteiger charge is -2.46. The van der Waals surface area contributed by atoms with Gasteiger partial charge in [0.15, 0.2) is 12.6 Å². The summed E-state index contributed by atoms with van der Waals surface area (Å²) in [5.41, 5.74) is 0. The lowest BCUT2D eigenvalue weighted by atomic mass is 9.97. The number of nitrogens with one attached hydrogen (secondary N) is 1. The van der Waals surface area contributed by atoms with Crippen molar-refractivity contribution in [3.8, 4) is 0 Å². The summed E-state index contributed by atoms with van der Waals surface area (Å²) >= 11 is 0. The van der Waals surface area contributed by atoms with Crippen LogP contribution in [0.25, 0.3) is 0 Å². The van der Waals surface area contributed by atoms with Crippen LogP contribution in [0.4, 0.5) is 0 Å². The molecule has 1 amide bonds. The van der Waals surface area contributed by atoms with Gasteiger partial charge in [0.25, 0.3) is 0 Å². The number of ether oxygens (including phenoxy) is 4. The molecule has 2 aliphatic rings. The Morgan fingerprint density at radius 3 is 1.29 bits per heavy atom. The van der Waals surface area contributed by atoms with E-state index in [1.54, 1.807) is 6.08 Å². The molecule has 0 aromatic rings. The molecule has 2 saturated heterocycles. The number of hydrogen-bond acceptors (Lipinski definition) is 13. The van der Waals surface area contributed by atoms with Gasteiger partial charge in [-0.3, -0.25) is 4.79 Å². The van der Waals surface area contributed by atoms with Gasteiger partial charge in [0, 0.05) is 6.42 Å². The molecule has 2 heterocycles. The van der Waals surface area contributed by atoms with E-state index in [1.165, 1.54) is 57.8 Å². The summed E-state index contributed by atoms with van der Waals surface area (Å²) < 4.78 is 22.8. The molecule has 12 unspecified atom stereocenters. The molecule has 14 nitrogen and oxygen atoms in total. The maximum absolute atomic E-state index is 13.3. The minimum atomic E-state index is -1.79. The molecule has 0 aromatic carbocycles. The summed E-state index contributed by atoms with van der Waals surface area (Å²) in [7, 11) is 0. The number of carbonyl (C=O) groups excluding carboxylic acids is 1. The molecule has 0 bridgehead atoms. The van der Waals surface area contributed by atoms with Gasteiger partial charge < -0.3 is 65.1 Å². The second-order valence-electron chi connectivity index (χ2n) is 21.8. The van der Waals surface area contributed by atoms with E-state index < -0.39 is 86.8 Å². The van der Waals surface area contributed by atoms with Crippen LogP contribution in [0.3, 0.4) is 0 Å². The molecular formula is C68H113NO13. The first kappa shape index (κ1) is 74.5. The van der Waals surface area contributed by atoms with Gasteiger partial charge >= 0.3 is 0 Å². The van der Waals surface area contributed by atoms with Crippen LogP contribution in [0.15, 0.2) is 122 Å². The third-order valence-corrected chi connectivity index (χ3v) is 14.7. The van der Waals surface area contributed by atoms with E-state index >= 15 is 0 Å². The number of aliphatic hydroxyl groups excluding tert-OH is 8. The molecular weight excluding hydrogens is 1040 g/mol. The van der Waals surface area contributed by atoms with Gasteiger partial charge in [-0.15, -0.1) is 0 Å². The highest BCUT2D eigenvalue weighted by atomic mass is 16.7. The molecule has 14 heteroatoms. The number of aliphatic hydroxyl groups is 8. The normalized spacial score (nSPS) is 24.8. The second kappa shape index (κ2) is 51.8. The van der Waals surface area contributed by atoms with E-state index in [0.717, 1.165) is 122 Å². The summed E-state index contributed by atoms with van der Waals surface area (Å²) in [6, 6.07) is -0.929. The number of hydrogen-bond donors (Lipinski definition) is 9. The maximum atomic E-state index is 13.3. The van der Waals surface area contributed by atoms with Crippen LogP contribution in [0, 0.1) is 0 Å². The van der Waals surface area contributed by atoms with Crippen molar-refractivity contribution >= 4 is 5.91 Å². The number of amides is 1. The van der Waals surface area contributed by atoms with E-state index in [-0.39, 0.29) is 18.9 Å². The van der Waals surface area contributed by atoms with E-state index in [4.69, 9.17) is 18.9 Å². The number of allylic oxidation sites excluding steroid dienone is 19. The fraction of sp³-hybridized carbons (Fsp3) is 0.691. The van der Waals surface area contributed by atoms with Crippen LogP contribution in [-0.4, -0.2) is 140 Å². The van der Waals surface area contributed by atoms with Gasteiger partial charge in [-0.25, -0.2) is 0 Å². The monoisotopic (exact) mass is 1150 g/mol. The molecule has 82 heavy (non-hydrogen) atoms. The van der Waals surface area contributed by atoms with Crippen molar-refractivity contribution in [2.24, 2.45) is 0 Å². The van der Waals surface area contributed by atoms with Crippen molar-refractivity contribution in [1.82, 2.24) is 5.32 Å². The molecule has 0 aliphatic carbocycles. The largest absolute Gasteiger partial charge is 0.394 e. The molecule has 2 rings (SSSR count). The summed E-state index contributed by atoms with van der Waals surface area (Å²) in [5.74, 6) is -0.257. The Kier molecular flexibility index (Phi) is 47.0. The van der Waals surface area contributed by atoms with E-state index in [2.05, 4.69) is 129 Å². The van der Waals surface area contributed by atoms with Gasteiger partial charge in [0.1, 0.15) is 48.8 Å². The number of rotatable bonds is 49. The molecule has 0 saturated carbocycles. The number of carbonyl (C=O) groups is 1. The first-order chi connectivity index (χ1) is 40.1. The molecule has 9 N–H and O–H groups in total. The third kappa shape index (κ3) is 36.3. The lowest BCUT2D eigenvalue weighted by Crippen LogP contribution is -2.65. The van der Waals surface area contributed by atoms with Crippen molar-refractivity contribution in [3.63, 3.8) is 0 Å². The lowest BCUT2D eigenvalue weighted by molar-refractivity contribution is -0.359. The fourth-order valence-electron chi connectivity index (χ4n) is 9.58. The summed E-state index contributed by atoms with van der Waals surface area (Å²) in [6.45, 7) is 2.65. The van der Waals surface area contributed by atoms with Gasteiger partial charge in [0.2, 0.25) is 5.91 Å². The summed E-state index contributed by atoms with van der Waals surface area (Å²) in [4.78, 5) is 13.3.